The highest BCUT2D eigenvalue weighted by Gasteiger charge is 2.23. The van der Waals surface area contributed by atoms with Gasteiger partial charge < -0.3 is 11.1 Å². The van der Waals surface area contributed by atoms with Gasteiger partial charge in [0.2, 0.25) is 5.91 Å². The minimum Gasteiger partial charge on any atom is -0.345 e. The summed E-state index contributed by atoms with van der Waals surface area (Å²) in [4.78, 5) is 24.5. The Kier molecular flexibility index (Phi) is 12.1. The van der Waals surface area contributed by atoms with E-state index in [1.165, 1.54) is 0 Å². The van der Waals surface area contributed by atoms with Crippen molar-refractivity contribution in [2.45, 2.75) is 97.6 Å². The molecular weight excluding hydrogens is 276 g/mol. The van der Waals surface area contributed by atoms with E-state index in [2.05, 4.69) is 19.2 Å². The summed E-state index contributed by atoms with van der Waals surface area (Å²) in [6.07, 6.45) is 8.27. The standard InChI is InChI=1S/C18H36N2O2/c1-5-7-9-11-15(19)18(22)20-16(12-10-8-6-2)17(21)13-14(3)4/h14-16H,5-13,19H2,1-4H3,(H,20,22). The molecule has 130 valence electrons. The Morgan fingerprint density at radius 2 is 1.50 bits per heavy atom. The lowest BCUT2D eigenvalue weighted by Crippen LogP contribution is -2.48. The molecule has 2 atom stereocenters. The number of rotatable bonds is 13. The zero-order valence-electron chi connectivity index (χ0n) is 15.0. The van der Waals surface area contributed by atoms with Crippen LogP contribution in [0.15, 0.2) is 0 Å². The van der Waals surface area contributed by atoms with Crippen molar-refractivity contribution in [3.05, 3.63) is 0 Å². The Bertz CT molecular complexity index is 316. The van der Waals surface area contributed by atoms with Gasteiger partial charge in [-0.3, -0.25) is 9.59 Å². The molecule has 0 spiro atoms. The summed E-state index contributed by atoms with van der Waals surface area (Å²) in [5.41, 5.74) is 5.94. The molecular formula is C18H36N2O2. The second-order valence-corrected chi connectivity index (χ2v) is 6.72. The third-order valence-corrected chi connectivity index (χ3v) is 3.87. The first kappa shape index (κ1) is 21.1. The molecule has 0 radical (unpaired) electrons. The van der Waals surface area contributed by atoms with Gasteiger partial charge in [0.1, 0.15) is 0 Å². The zero-order valence-corrected chi connectivity index (χ0v) is 15.0. The lowest BCUT2D eigenvalue weighted by Gasteiger charge is -2.21. The fourth-order valence-corrected chi connectivity index (χ4v) is 2.48. The molecule has 0 aromatic heterocycles. The van der Waals surface area contributed by atoms with Gasteiger partial charge in [-0.1, -0.05) is 66.2 Å². The van der Waals surface area contributed by atoms with Gasteiger partial charge in [-0.15, -0.1) is 0 Å². The molecule has 0 saturated heterocycles. The minimum atomic E-state index is -0.493. The van der Waals surface area contributed by atoms with Crippen LogP contribution in [-0.4, -0.2) is 23.8 Å². The Morgan fingerprint density at radius 3 is 2.00 bits per heavy atom. The predicted octanol–water partition coefficient (Wildman–Crippen LogP) is 3.57. The number of hydrogen-bond acceptors (Lipinski definition) is 3. The van der Waals surface area contributed by atoms with Crippen LogP contribution in [-0.2, 0) is 9.59 Å². The zero-order chi connectivity index (χ0) is 17.0. The molecule has 0 heterocycles. The van der Waals surface area contributed by atoms with Gasteiger partial charge in [-0.05, 0) is 18.8 Å². The summed E-state index contributed by atoms with van der Waals surface area (Å²) in [6, 6.07) is -0.856. The van der Waals surface area contributed by atoms with Gasteiger partial charge in [0.05, 0.1) is 12.1 Å². The second kappa shape index (κ2) is 12.6. The number of nitrogens with one attached hydrogen (secondary N) is 1. The van der Waals surface area contributed by atoms with Crippen molar-refractivity contribution in [2.24, 2.45) is 11.7 Å². The molecule has 0 aromatic carbocycles. The predicted molar refractivity (Wildman–Crippen MR) is 92.7 cm³/mol. The van der Waals surface area contributed by atoms with E-state index >= 15 is 0 Å². The van der Waals surface area contributed by atoms with Crippen molar-refractivity contribution in [3.63, 3.8) is 0 Å². The summed E-state index contributed by atoms with van der Waals surface area (Å²) < 4.78 is 0. The van der Waals surface area contributed by atoms with Crippen LogP contribution in [0.4, 0.5) is 0 Å². The molecule has 3 N–H and O–H groups in total. The van der Waals surface area contributed by atoms with Crippen molar-refractivity contribution in [1.82, 2.24) is 5.32 Å². The molecule has 0 saturated carbocycles. The van der Waals surface area contributed by atoms with Crippen LogP contribution in [0.2, 0.25) is 0 Å². The van der Waals surface area contributed by atoms with Crippen LogP contribution in [0.5, 0.6) is 0 Å². The molecule has 1 amide bonds. The summed E-state index contributed by atoms with van der Waals surface area (Å²) >= 11 is 0. The monoisotopic (exact) mass is 312 g/mol. The van der Waals surface area contributed by atoms with Crippen molar-refractivity contribution in [3.8, 4) is 0 Å². The van der Waals surface area contributed by atoms with Crippen LogP contribution in [0.25, 0.3) is 0 Å². The molecule has 4 heteroatoms. The Morgan fingerprint density at radius 1 is 0.955 bits per heavy atom. The highest BCUT2D eigenvalue weighted by Crippen LogP contribution is 2.11. The maximum absolute atomic E-state index is 12.3. The smallest absolute Gasteiger partial charge is 0.237 e. The fourth-order valence-electron chi connectivity index (χ4n) is 2.48. The molecule has 0 bridgehead atoms. The van der Waals surface area contributed by atoms with Gasteiger partial charge in [0.15, 0.2) is 5.78 Å². The largest absolute Gasteiger partial charge is 0.345 e. The van der Waals surface area contributed by atoms with Crippen LogP contribution < -0.4 is 11.1 Å². The number of amides is 1. The van der Waals surface area contributed by atoms with Gasteiger partial charge in [-0.2, -0.15) is 0 Å². The molecule has 0 rings (SSSR count). The van der Waals surface area contributed by atoms with Crippen molar-refractivity contribution < 1.29 is 9.59 Å². The molecule has 0 aliphatic rings. The molecule has 22 heavy (non-hydrogen) atoms. The maximum Gasteiger partial charge on any atom is 0.237 e. The van der Waals surface area contributed by atoms with Crippen LogP contribution in [0.1, 0.15) is 85.5 Å². The number of carbonyl (C=O) groups excluding carboxylic acids is 2. The average Bonchev–Trinajstić information content (AvgIpc) is 2.45. The van der Waals surface area contributed by atoms with Crippen molar-refractivity contribution in [1.29, 1.82) is 0 Å². The summed E-state index contributed by atoms with van der Waals surface area (Å²) in [5, 5.41) is 2.89. The number of unbranched alkanes of at least 4 members (excludes halogenated alkanes) is 4. The Labute approximate surface area is 136 Å². The number of nitrogens with two attached hydrogens (primary N) is 1. The fraction of sp³-hybridized carbons (Fsp3) is 0.889. The van der Waals surface area contributed by atoms with Crippen molar-refractivity contribution >= 4 is 11.7 Å². The first-order valence-corrected chi connectivity index (χ1v) is 9.00. The second-order valence-electron chi connectivity index (χ2n) is 6.72. The Hall–Kier alpha value is -0.900. The SMILES string of the molecule is CCCCCC(N)C(=O)NC(CCCCC)C(=O)CC(C)C. The van der Waals surface area contributed by atoms with E-state index in [0.29, 0.717) is 18.8 Å². The van der Waals surface area contributed by atoms with E-state index in [9.17, 15) is 9.59 Å². The highest BCUT2D eigenvalue weighted by molar-refractivity contribution is 5.90. The van der Waals surface area contributed by atoms with Gasteiger partial charge in [0.25, 0.3) is 0 Å². The first-order valence-electron chi connectivity index (χ1n) is 9.00. The average molecular weight is 312 g/mol. The molecule has 2 unspecified atom stereocenters. The van der Waals surface area contributed by atoms with Crippen LogP contribution in [0, 0.1) is 5.92 Å². The third-order valence-electron chi connectivity index (χ3n) is 3.87. The van der Waals surface area contributed by atoms with Crippen LogP contribution >= 0.6 is 0 Å². The topological polar surface area (TPSA) is 72.2 Å². The number of hydrogen-bond donors (Lipinski definition) is 2. The molecule has 0 aliphatic carbocycles. The van der Waals surface area contributed by atoms with E-state index in [1.54, 1.807) is 0 Å². The maximum atomic E-state index is 12.3. The Balaban J connectivity index is 4.46. The van der Waals surface area contributed by atoms with Gasteiger partial charge in [0, 0.05) is 6.42 Å². The lowest BCUT2D eigenvalue weighted by atomic mass is 9.97. The highest BCUT2D eigenvalue weighted by atomic mass is 16.2. The summed E-state index contributed by atoms with van der Waals surface area (Å²) in [5.74, 6) is 0.284. The van der Waals surface area contributed by atoms with E-state index in [1.807, 2.05) is 13.8 Å². The summed E-state index contributed by atoms with van der Waals surface area (Å²) in [6.45, 7) is 8.31. The molecule has 0 fully saturated rings. The van der Waals surface area contributed by atoms with Gasteiger partial charge in [-0.25, -0.2) is 0 Å². The lowest BCUT2D eigenvalue weighted by molar-refractivity contribution is -0.129. The minimum absolute atomic E-state index is 0.139. The summed E-state index contributed by atoms with van der Waals surface area (Å²) in [7, 11) is 0. The number of carbonyl (C=O) groups is 2. The number of Topliss-reactive ketones (excluding diaryl/α,β-unsaturated/α-hetero) is 1. The van der Waals surface area contributed by atoms with Crippen LogP contribution in [0.3, 0.4) is 0 Å². The quantitative estimate of drug-likeness (QED) is 0.511. The molecule has 0 aliphatic heterocycles. The normalized spacial score (nSPS) is 13.9. The van der Waals surface area contributed by atoms with E-state index in [0.717, 1.165) is 44.9 Å². The number of ketones is 1. The van der Waals surface area contributed by atoms with E-state index in [4.69, 9.17) is 5.73 Å². The molecule has 4 nitrogen and oxygen atoms in total. The van der Waals surface area contributed by atoms with Crippen molar-refractivity contribution in [2.75, 3.05) is 0 Å². The van der Waals surface area contributed by atoms with E-state index < -0.39 is 6.04 Å². The first-order chi connectivity index (χ1) is 10.4. The van der Waals surface area contributed by atoms with Gasteiger partial charge >= 0.3 is 0 Å². The third kappa shape index (κ3) is 9.93. The molecule has 0 aromatic rings. The van der Waals surface area contributed by atoms with E-state index in [-0.39, 0.29) is 17.7 Å².